The molecule has 70 heavy (non-hydrogen) atoms. The van der Waals surface area contributed by atoms with E-state index in [4.69, 9.17) is 41.6 Å². The van der Waals surface area contributed by atoms with Gasteiger partial charge >= 0.3 is 11.9 Å². The predicted octanol–water partition coefficient (Wildman–Crippen LogP) is 13.6. The molecule has 1 N–H and O–H groups in total. The Morgan fingerprint density at radius 3 is 1.29 bits per heavy atom. The van der Waals surface area contributed by atoms with E-state index in [1.807, 2.05) is 60.7 Å². The number of halogens is 2. The van der Waals surface area contributed by atoms with Gasteiger partial charge in [0.1, 0.15) is 47.8 Å². The Kier molecular flexibility index (Phi) is 18.4. The summed E-state index contributed by atoms with van der Waals surface area (Å²) in [4.78, 5) is 22.8. The molecule has 0 amide bonds. The van der Waals surface area contributed by atoms with Crippen LogP contribution in [0.15, 0.2) is 121 Å². The summed E-state index contributed by atoms with van der Waals surface area (Å²) < 4.78 is 57.3. The first-order valence-electron chi connectivity index (χ1n) is 23.0. The first-order valence-corrected chi connectivity index (χ1v) is 23.0. The molecule has 0 aromatic heterocycles. The molecule has 0 radical (unpaired) electrons. The molecule has 2 atom stereocenters. The highest BCUT2D eigenvalue weighted by Gasteiger charge is 2.24. The molecule has 0 spiro atoms. The van der Waals surface area contributed by atoms with Crippen LogP contribution < -0.4 is 18.9 Å². The highest BCUT2D eigenvalue weighted by Crippen LogP contribution is 2.39. The third kappa shape index (κ3) is 14.5. The van der Waals surface area contributed by atoms with Crippen molar-refractivity contribution in [2.45, 2.75) is 97.2 Å². The second-order valence-electron chi connectivity index (χ2n) is 18.7. The summed E-state index contributed by atoms with van der Waals surface area (Å²) >= 11 is 0. The molecule has 10 heteroatoms. The van der Waals surface area contributed by atoms with Gasteiger partial charge in [-0.15, -0.1) is 12.8 Å². The fraction of sp³-hybridized carbons (Fsp3) is 0.300. The molecule has 6 aromatic carbocycles. The fourth-order valence-electron chi connectivity index (χ4n) is 7.82. The molecule has 6 aromatic rings. The maximum absolute atomic E-state index is 14.9. The lowest BCUT2D eigenvalue weighted by Gasteiger charge is -2.24. The maximum atomic E-state index is 14.9. The van der Waals surface area contributed by atoms with Crippen molar-refractivity contribution in [2.75, 3.05) is 20.8 Å². The molecule has 0 heterocycles. The van der Waals surface area contributed by atoms with E-state index < -0.39 is 11.9 Å². The number of ether oxygens (including phenoxy) is 5. The number of methoxy groups -OCH3 is 2. The highest BCUT2D eigenvalue weighted by molar-refractivity contribution is 5.73. The molecule has 0 unspecified atom stereocenters. The van der Waals surface area contributed by atoms with Gasteiger partial charge in [0.15, 0.2) is 0 Å². The van der Waals surface area contributed by atoms with Crippen LogP contribution in [-0.2, 0) is 38.4 Å². The largest absolute Gasteiger partial charge is 0.497 e. The lowest BCUT2D eigenvalue weighted by atomic mass is 9.81. The van der Waals surface area contributed by atoms with Crippen LogP contribution in [0.2, 0.25) is 0 Å². The zero-order valence-electron chi connectivity index (χ0n) is 41.5. The third-order valence-corrected chi connectivity index (χ3v) is 11.5. The van der Waals surface area contributed by atoms with Gasteiger partial charge in [-0.2, -0.15) is 0 Å². The van der Waals surface area contributed by atoms with Gasteiger partial charge in [0.2, 0.25) is 0 Å². The number of carboxylic acid groups (broad SMARTS) is 1. The van der Waals surface area contributed by atoms with Crippen molar-refractivity contribution in [3.05, 3.63) is 166 Å². The summed E-state index contributed by atoms with van der Waals surface area (Å²) in [5.41, 5.74) is 7.66. The van der Waals surface area contributed by atoms with Crippen LogP contribution in [-0.4, -0.2) is 37.9 Å². The zero-order chi connectivity index (χ0) is 51.2. The molecular weight excluding hydrogens is 887 g/mol. The van der Waals surface area contributed by atoms with Gasteiger partial charge in [0.25, 0.3) is 0 Å². The minimum atomic E-state index is -0.940. The van der Waals surface area contributed by atoms with Crippen LogP contribution in [0, 0.1) is 36.3 Å². The average Bonchev–Trinajstić information content (AvgIpc) is 3.33. The van der Waals surface area contributed by atoms with E-state index in [0.717, 1.165) is 44.5 Å². The van der Waals surface area contributed by atoms with E-state index in [2.05, 4.69) is 53.4 Å². The van der Waals surface area contributed by atoms with Gasteiger partial charge < -0.3 is 28.8 Å². The fourth-order valence-corrected chi connectivity index (χ4v) is 7.82. The summed E-state index contributed by atoms with van der Waals surface area (Å²) in [5, 5.41) is 9.01. The van der Waals surface area contributed by atoms with Crippen LogP contribution in [0.5, 0.6) is 23.0 Å². The van der Waals surface area contributed by atoms with Crippen molar-refractivity contribution in [3.63, 3.8) is 0 Å². The van der Waals surface area contributed by atoms with Crippen molar-refractivity contribution < 1.29 is 47.2 Å². The van der Waals surface area contributed by atoms with Gasteiger partial charge in [0.05, 0.1) is 45.5 Å². The minimum Gasteiger partial charge on any atom is -0.497 e. The second-order valence-corrected chi connectivity index (χ2v) is 18.7. The van der Waals surface area contributed by atoms with E-state index in [9.17, 15) is 18.4 Å². The van der Waals surface area contributed by atoms with Crippen LogP contribution in [0.1, 0.15) is 107 Å². The van der Waals surface area contributed by atoms with Gasteiger partial charge in [-0.05, 0) is 135 Å². The Balaban J connectivity index is 0.000000261. The quantitative estimate of drug-likeness (QED) is 0.0713. The van der Waals surface area contributed by atoms with Gasteiger partial charge in [-0.3, -0.25) is 9.59 Å². The molecule has 364 valence electrons. The van der Waals surface area contributed by atoms with E-state index in [1.54, 1.807) is 69.7 Å². The van der Waals surface area contributed by atoms with Crippen molar-refractivity contribution in [1.29, 1.82) is 0 Å². The zero-order valence-corrected chi connectivity index (χ0v) is 41.5. The molecule has 0 aliphatic carbocycles. The molecule has 8 nitrogen and oxygen atoms in total. The molecule has 0 bridgehead atoms. The maximum Gasteiger partial charge on any atom is 0.307 e. The second kappa shape index (κ2) is 24.1. The summed E-state index contributed by atoms with van der Waals surface area (Å²) in [7, 11) is 3.13. The molecule has 0 aliphatic rings. The number of hydrogen-bond donors (Lipinski definition) is 1. The number of carboxylic acids is 1. The molecule has 6 rings (SSSR count). The number of hydrogen-bond acceptors (Lipinski definition) is 7. The van der Waals surface area contributed by atoms with Gasteiger partial charge in [0, 0.05) is 11.1 Å². The first-order chi connectivity index (χ1) is 33.3. The van der Waals surface area contributed by atoms with Crippen LogP contribution in [0.4, 0.5) is 8.78 Å². The van der Waals surface area contributed by atoms with E-state index in [0.29, 0.717) is 47.3 Å². The molecule has 0 saturated heterocycles. The number of terminal acetylenes is 2. The van der Waals surface area contributed by atoms with E-state index >= 15 is 0 Å². The standard InChI is InChI=1S/C31H33FO4.C29H29FO4/c1-7-22(18-30(33)35-8-2)23-10-12-24(13-11-23)36-20-21-9-15-28(31(3,4)5)26(17-21)27-19-25(34-6)14-16-29(27)32;1-6-20(16-28(31)32)21-8-10-22(11-9-21)34-18-19-7-13-26(29(2,3)4)24(15-19)25-17-23(33-5)12-14-27(25)30/h1,9-17,19,22H,8,18,20H2,2-6H3;1,7-15,17,20H,16,18H2,2-5H3,(H,31,32)/t22-;20-/m11/s1. The summed E-state index contributed by atoms with van der Waals surface area (Å²) in [5.74, 6) is 4.93. The third-order valence-electron chi connectivity index (χ3n) is 11.5. The Labute approximate surface area is 411 Å². The van der Waals surface area contributed by atoms with E-state index in [-0.39, 0.29) is 53.8 Å². The van der Waals surface area contributed by atoms with Crippen molar-refractivity contribution >= 4 is 11.9 Å². The summed E-state index contributed by atoms with van der Waals surface area (Å²) in [6.07, 6.45) is 11.1. The molecule has 0 saturated carbocycles. The smallest absolute Gasteiger partial charge is 0.307 e. The number of aliphatic carboxylic acids is 1. The number of carbonyl (C=O) groups is 2. The first kappa shape index (κ1) is 53.4. The van der Waals surface area contributed by atoms with Gasteiger partial charge in [-0.25, -0.2) is 8.78 Å². The number of rotatable bonds is 17. The monoisotopic (exact) mass is 948 g/mol. The lowest BCUT2D eigenvalue weighted by Crippen LogP contribution is -2.13. The highest BCUT2D eigenvalue weighted by atomic mass is 19.1. The van der Waals surface area contributed by atoms with Crippen molar-refractivity contribution in [2.24, 2.45) is 0 Å². The lowest BCUT2D eigenvalue weighted by molar-refractivity contribution is -0.143. The topological polar surface area (TPSA) is 101 Å². The van der Waals surface area contributed by atoms with Gasteiger partial charge in [-0.1, -0.05) is 102 Å². The van der Waals surface area contributed by atoms with Crippen molar-refractivity contribution in [1.82, 2.24) is 0 Å². The van der Waals surface area contributed by atoms with E-state index in [1.165, 1.54) is 12.1 Å². The molecule has 0 aliphatic heterocycles. The Morgan fingerprint density at radius 2 is 0.943 bits per heavy atom. The Morgan fingerprint density at radius 1 is 0.557 bits per heavy atom. The Hall–Kier alpha value is -7.56. The molecule has 0 fully saturated rings. The SMILES string of the molecule is C#C[C@H](CC(=O)O)c1ccc(OCc2ccc(C(C)(C)C)c(-c3cc(OC)ccc3F)c2)cc1.C#C[C@H](CC(=O)OCC)c1ccc(OCc2ccc(C(C)(C)C)c(-c3cc(OC)ccc3F)c2)cc1. The Bertz CT molecular complexity index is 2820. The predicted molar refractivity (Wildman–Crippen MR) is 272 cm³/mol. The van der Waals surface area contributed by atoms with Crippen LogP contribution >= 0.6 is 0 Å². The average molecular weight is 949 g/mol. The number of esters is 1. The van der Waals surface area contributed by atoms with Crippen LogP contribution in [0.25, 0.3) is 22.3 Å². The van der Waals surface area contributed by atoms with Crippen molar-refractivity contribution in [3.8, 4) is 69.9 Å². The molecular formula is C60H62F2O8. The number of benzene rings is 6. The van der Waals surface area contributed by atoms with Crippen LogP contribution in [0.3, 0.4) is 0 Å². The summed E-state index contributed by atoms with van der Waals surface area (Å²) in [6, 6.07) is 35.9. The summed E-state index contributed by atoms with van der Waals surface area (Å²) in [6.45, 7) is 15.3. The number of carbonyl (C=O) groups excluding carboxylic acids is 1. The minimum absolute atomic E-state index is 0.125. The normalized spacial score (nSPS) is 12.0.